The lowest BCUT2D eigenvalue weighted by Crippen LogP contribution is -2.15. The van der Waals surface area contributed by atoms with E-state index in [4.69, 9.17) is 4.84 Å². The second-order valence-electron chi connectivity index (χ2n) is 3.82. The minimum Gasteiger partial charge on any atom is -0.390 e. The van der Waals surface area contributed by atoms with Crippen LogP contribution in [-0.4, -0.2) is 21.6 Å². The van der Waals surface area contributed by atoms with Gasteiger partial charge in [-0.05, 0) is 26.8 Å². The van der Waals surface area contributed by atoms with Gasteiger partial charge in [-0.15, -0.1) is 0 Å². The van der Waals surface area contributed by atoms with Crippen molar-refractivity contribution in [2.45, 2.75) is 26.4 Å². The molecule has 4 heteroatoms. The fourth-order valence-corrected chi connectivity index (χ4v) is 0.749. The number of aromatic nitrogens is 2. The number of hydrogen-bond acceptors (Lipinski definition) is 3. The third-order valence-electron chi connectivity index (χ3n) is 1.37. The number of hydrogen-bond donors (Lipinski definition) is 0. The molecule has 0 unspecified atom stereocenters. The van der Waals surface area contributed by atoms with Gasteiger partial charge in [0, 0.05) is 13.2 Å². The van der Waals surface area contributed by atoms with Gasteiger partial charge in [0.1, 0.15) is 5.60 Å². The molecule has 0 N–H and O–H groups in total. The van der Waals surface area contributed by atoms with Gasteiger partial charge >= 0.3 is 0 Å². The maximum Gasteiger partial charge on any atom is 0.129 e. The zero-order valence-corrected chi connectivity index (χ0v) is 8.48. The van der Waals surface area contributed by atoms with Crippen LogP contribution in [0.1, 0.15) is 26.5 Å². The van der Waals surface area contributed by atoms with E-state index in [0.29, 0.717) is 0 Å². The minimum atomic E-state index is -0.241. The van der Waals surface area contributed by atoms with E-state index in [1.165, 1.54) is 0 Å². The highest BCUT2D eigenvalue weighted by molar-refractivity contribution is 5.76. The van der Waals surface area contributed by atoms with Crippen molar-refractivity contribution >= 4 is 6.21 Å². The van der Waals surface area contributed by atoms with Crippen LogP contribution in [0.5, 0.6) is 0 Å². The topological polar surface area (TPSA) is 39.4 Å². The van der Waals surface area contributed by atoms with Crippen molar-refractivity contribution in [2.24, 2.45) is 12.2 Å². The van der Waals surface area contributed by atoms with Crippen molar-refractivity contribution in [3.8, 4) is 0 Å². The molecule has 0 aliphatic heterocycles. The van der Waals surface area contributed by atoms with Crippen LogP contribution in [0.3, 0.4) is 0 Å². The van der Waals surface area contributed by atoms with Crippen molar-refractivity contribution in [3.05, 3.63) is 18.0 Å². The number of oxime groups is 1. The van der Waals surface area contributed by atoms with E-state index in [-0.39, 0.29) is 5.60 Å². The molecule has 13 heavy (non-hydrogen) atoms. The van der Waals surface area contributed by atoms with E-state index in [0.717, 1.165) is 5.69 Å². The van der Waals surface area contributed by atoms with E-state index in [9.17, 15) is 0 Å². The quantitative estimate of drug-likeness (QED) is 0.513. The highest BCUT2D eigenvalue weighted by Crippen LogP contribution is 2.06. The molecule has 0 bridgehead atoms. The van der Waals surface area contributed by atoms with Crippen LogP contribution >= 0.6 is 0 Å². The molecule has 0 radical (unpaired) electrons. The van der Waals surface area contributed by atoms with Crippen LogP contribution in [0.2, 0.25) is 0 Å². The van der Waals surface area contributed by atoms with Crippen LogP contribution in [0.4, 0.5) is 0 Å². The molecule has 0 spiro atoms. The zero-order valence-electron chi connectivity index (χ0n) is 8.48. The Labute approximate surface area is 78.2 Å². The molecule has 4 nitrogen and oxygen atoms in total. The van der Waals surface area contributed by atoms with E-state index in [2.05, 4.69) is 10.3 Å². The fraction of sp³-hybridized carbons (Fsp3) is 0.556. The molecule has 0 fully saturated rings. The van der Waals surface area contributed by atoms with Gasteiger partial charge in [-0.1, -0.05) is 5.16 Å². The highest BCUT2D eigenvalue weighted by Gasteiger charge is 2.09. The molecule has 0 atom stereocenters. The zero-order chi connectivity index (χ0) is 9.90. The SMILES string of the molecule is Cn1nccc1/C=N\OC(C)(C)C. The van der Waals surface area contributed by atoms with Crippen LogP contribution in [0.15, 0.2) is 17.4 Å². The lowest BCUT2D eigenvalue weighted by atomic mass is 10.2. The van der Waals surface area contributed by atoms with E-state index in [1.807, 2.05) is 33.9 Å². The summed E-state index contributed by atoms with van der Waals surface area (Å²) < 4.78 is 1.73. The molecule has 0 amide bonds. The predicted molar refractivity (Wildman–Crippen MR) is 51.6 cm³/mol. The average Bonchev–Trinajstić information content (AvgIpc) is 2.34. The largest absolute Gasteiger partial charge is 0.390 e. The van der Waals surface area contributed by atoms with Crippen molar-refractivity contribution in [1.82, 2.24) is 9.78 Å². The summed E-state index contributed by atoms with van der Waals surface area (Å²) >= 11 is 0. The van der Waals surface area contributed by atoms with Crippen molar-refractivity contribution < 1.29 is 4.84 Å². The normalized spacial score (nSPS) is 12.3. The van der Waals surface area contributed by atoms with E-state index >= 15 is 0 Å². The molecule has 1 heterocycles. The summed E-state index contributed by atoms with van der Waals surface area (Å²) in [4.78, 5) is 5.19. The monoisotopic (exact) mass is 181 g/mol. The van der Waals surface area contributed by atoms with Gasteiger partial charge in [-0.25, -0.2) is 0 Å². The first-order valence-corrected chi connectivity index (χ1v) is 4.18. The van der Waals surface area contributed by atoms with Gasteiger partial charge in [0.05, 0.1) is 11.9 Å². The average molecular weight is 181 g/mol. The summed E-state index contributed by atoms with van der Waals surface area (Å²) in [7, 11) is 1.86. The maximum atomic E-state index is 5.19. The molecule has 0 aliphatic rings. The second kappa shape index (κ2) is 3.60. The molecule has 0 aromatic carbocycles. The maximum absolute atomic E-state index is 5.19. The third-order valence-corrected chi connectivity index (χ3v) is 1.37. The molecule has 1 aromatic rings. The van der Waals surface area contributed by atoms with Crippen LogP contribution in [0, 0.1) is 0 Å². The Bertz CT molecular complexity index is 296. The molecular formula is C9H15N3O. The van der Waals surface area contributed by atoms with E-state index in [1.54, 1.807) is 17.1 Å². The summed E-state index contributed by atoms with van der Waals surface area (Å²) in [5.74, 6) is 0. The summed E-state index contributed by atoms with van der Waals surface area (Å²) in [6.45, 7) is 5.86. The second-order valence-corrected chi connectivity index (χ2v) is 3.82. The first-order chi connectivity index (χ1) is 5.99. The Balaban J connectivity index is 2.55. The summed E-state index contributed by atoms with van der Waals surface area (Å²) in [5, 5.41) is 7.86. The third kappa shape index (κ3) is 3.27. The number of rotatable bonds is 2. The molecule has 0 saturated carbocycles. The van der Waals surface area contributed by atoms with Gasteiger partial charge in [0.15, 0.2) is 0 Å². The lowest BCUT2D eigenvalue weighted by Gasteiger charge is -2.14. The summed E-state index contributed by atoms with van der Waals surface area (Å²) in [6, 6.07) is 1.87. The molecule has 0 saturated heterocycles. The fourth-order valence-electron chi connectivity index (χ4n) is 0.749. The van der Waals surface area contributed by atoms with Gasteiger partial charge in [0.25, 0.3) is 0 Å². The van der Waals surface area contributed by atoms with Crippen LogP contribution in [0.25, 0.3) is 0 Å². The van der Waals surface area contributed by atoms with Crippen LogP contribution in [-0.2, 0) is 11.9 Å². The molecule has 0 aliphatic carbocycles. The predicted octanol–water partition coefficient (Wildman–Crippen LogP) is 1.57. The highest BCUT2D eigenvalue weighted by atomic mass is 16.6. The Hall–Kier alpha value is -1.32. The Morgan fingerprint density at radius 1 is 1.54 bits per heavy atom. The summed E-state index contributed by atoms with van der Waals surface area (Å²) in [6.07, 6.45) is 3.37. The van der Waals surface area contributed by atoms with Crippen LogP contribution < -0.4 is 0 Å². The molecular weight excluding hydrogens is 166 g/mol. The Morgan fingerprint density at radius 3 is 2.69 bits per heavy atom. The standard InChI is InChI=1S/C9H15N3O/c1-9(2,3)13-11-7-8-5-6-10-12(8)4/h5-7H,1-4H3/b11-7-. The van der Waals surface area contributed by atoms with Crippen molar-refractivity contribution in [3.63, 3.8) is 0 Å². The molecule has 1 rings (SSSR count). The van der Waals surface area contributed by atoms with E-state index < -0.39 is 0 Å². The minimum absolute atomic E-state index is 0.241. The van der Waals surface area contributed by atoms with Crippen molar-refractivity contribution in [2.75, 3.05) is 0 Å². The smallest absolute Gasteiger partial charge is 0.129 e. The first-order valence-electron chi connectivity index (χ1n) is 4.18. The molecule has 72 valence electrons. The van der Waals surface area contributed by atoms with Gasteiger partial charge in [0.2, 0.25) is 0 Å². The van der Waals surface area contributed by atoms with Gasteiger partial charge < -0.3 is 4.84 Å². The first kappa shape index (κ1) is 9.77. The number of nitrogens with zero attached hydrogens (tertiary/aromatic N) is 3. The number of aryl methyl sites for hydroxylation is 1. The molecule has 1 aromatic heterocycles. The van der Waals surface area contributed by atoms with Crippen molar-refractivity contribution in [1.29, 1.82) is 0 Å². The Morgan fingerprint density at radius 2 is 2.23 bits per heavy atom. The summed E-state index contributed by atoms with van der Waals surface area (Å²) in [5.41, 5.74) is 0.680. The lowest BCUT2D eigenvalue weighted by molar-refractivity contribution is 0.00193. The Kier molecular flexibility index (Phi) is 2.70. The van der Waals surface area contributed by atoms with Gasteiger partial charge in [-0.2, -0.15) is 5.10 Å². The van der Waals surface area contributed by atoms with Gasteiger partial charge in [-0.3, -0.25) is 4.68 Å².